The number of amides is 3. The van der Waals surface area contributed by atoms with Gasteiger partial charge >= 0.3 is 0 Å². The predicted molar refractivity (Wildman–Crippen MR) is 125 cm³/mol. The first-order chi connectivity index (χ1) is 16.5. The molecule has 0 spiro atoms. The summed E-state index contributed by atoms with van der Waals surface area (Å²) in [6.45, 7) is 1.76. The minimum absolute atomic E-state index is 0.0824. The number of rotatable bonds is 9. The SMILES string of the molecule is Cc1ccc(C(C(=O)NC2CCCC2)N(Cc2ccco2)C(=O)CNC(=O)c2ccco2)cc1. The van der Waals surface area contributed by atoms with E-state index in [0.29, 0.717) is 11.3 Å². The maximum absolute atomic E-state index is 13.5. The van der Waals surface area contributed by atoms with Crippen LogP contribution in [-0.2, 0) is 16.1 Å². The Hall–Kier alpha value is -3.81. The van der Waals surface area contributed by atoms with Gasteiger partial charge in [-0.3, -0.25) is 14.4 Å². The average Bonchev–Trinajstić information content (AvgIpc) is 3.62. The lowest BCUT2D eigenvalue weighted by molar-refractivity contribution is -0.141. The standard InChI is InChI=1S/C26H29N3O5/c1-18-10-12-19(13-11-18)24(26(32)28-20-6-2-3-7-20)29(17-21-8-4-14-33-21)23(30)16-27-25(31)22-9-5-15-34-22/h4-5,8-15,20,24H,2-3,6-7,16-17H2,1H3,(H,27,31)(H,28,32). The van der Waals surface area contributed by atoms with Crippen LogP contribution in [0.15, 0.2) is 69.9 Å². The van der Waals surface area contributed by atoms with E-state index in [0.717, 1.165) is 31.2 Å². The van der Waals surface area contributed by atoms with Crippen molar-refractivity contribution >= 4 is 17.7 Å². The lowest BCUT2D eigenvalue weighted by Gasteiger charge is -2.32. The van der Waals surface area contributed by atoms with Gasteiger partial charge in [0.15, 0.2) is 5.76 Å². The summed E-state index contributed by atoms with van der Waals surface area (Å²) >= 11 is 0. The van der Waals surface area contributed by atoms with Crippen molar-refractivity contribution in [3.63, 3.8) is 0 Å². The first-order valence-electron chi connectivity index (χ1n) is 11.5. The Morgan fingerprint density at radius 1 is 1.00 bits per heavy atom. The summed E-state index contributed by atoms with van der Waals surface area (Å²) in [4.78, 5) is 40.7. The first-order valence-corrected chi connectivity index (χ1v) is 11.5. The predicted octanol–water partition coefficient (Wildman–Crippen LogP) is 3.74. The number of nitrogens with one attached hydrogen (secondary N) is 2. The van der Waals surface area contributed by atoms with Gasteiger partial charge in [-0.1, -0.05) is 42.7 Å². The van der Waals surface area contributed by atoms with Gasteiger partial charge in [0.1, 0.15) is 11.8 Å². The number of hydrogen-bond acceptors (Lipinski definition) is 5. The van der Waals surface area contributed by atoms with Gasteiger partial charge in [0.05, 0.1) is 25.6 Å². The Balaban J connectivity index is 1.60. The van der Waals surface area contributed by atoms with Crippen molar-refractivity contribution < 1.29 is 23.2 Å². The normalized spacial score (nSPS) is 14.5. The van der Waals surface area contributed by atoms with Gasteiger partial charge in [-0.25, -0.2) is 0 Å². The fraction of sp³-hybridized carbons (Fsp3) is 0.346. The number of aryl methyl sites for hydroxylation is 1. The van der Waals surface area contributed by atoms with Gasteiger partial charge in [-0.2, -0.15) is 0 Å². The second kappa shape index (κ2) is 10.9. The Morgan fingerprint density at radius 3 is 2.35 bits per heavy atom. The Bertz CT molecular complexity index is 1080. The third-order valence-electron chi connectivity index (χ3n) is 6.03. The number of carbonyl (C=O) groups is 3. The van der Waals surface area contributed by atoms with Gasteiger partial charge in [-0.05, 0) is 49.6 Å². The summed E-state index contributed by atoms with van der Waals surface area (Å²) in [5.41, 5.74) is 1.74. The third kappa shape index (κ3) is 5.75. The molecule has 8 heteroatoms. The molecule has 0 bridgehead atoms. The molecule has 8 nitrogen and oxygen atoms in total. The minimum Gasteiger partial charge on any atom is -0.467 e. The summed E-state index contributed by atoms with van der Waals surface area (Å²) in [5, 5.41) is 5.71. The molecule has 2 aromatic heterocycles. The zero-order valence-corrected chi connectivity index (χ0v) is 19.2. The van der Waals surface area contributed by atoms with E-state index in [1.165, 1.54) is 23.5 Å². The van der Waals surface area contributed by atoms with Crippen molar-refractivity contribution in [3.8, 4) is 0 Å². The summed E-state index contributed by atoms with van der Waals surface area (Å²) in [6.07, 6.45) is 6.92. The molecule has 0 aliphatic heterocycles. The van der Waals surface area contributed by atoms with E-state index >= 15 is 0 Å². The van der Waals surface area contributed by atoms with E-state index in [1.54, 1.807) is 18.2 Å². The molecule has 0 radical (unpaired) electrons. The van der Waals surface area contributed by atoms with Gasteiger partial charge < -0.3 is 24.4 Å². The van der Waals surface area contributed by atoms with Crippen LogP contribution < -0.4 is 10.6 Å². The van der Waals surface area contributed by atoms with Crippen LogP contribution in [0.25, 0.3) is 0 Å². The van der Waals surface area contributed by atoms with Crippen molar-refractivity contribution in [2.24, 2.45) is 0 Å². The summed E-state index contributed by atoms with van der Waals surface area (Å²) in [7, 11) is 0. The second-order valence-corrected chi connectivity index (χ2v) is 8.56. The Kier molecular flexibility index (Phi) is 7.47. The molecule has 3 amide bonds. The molecule has 1 atom stereocenters. The van der Waals surface area contributed by atoms with Crippen LogP contribution in [0.3, 0.4) is 0 Å². The number of hydrogen-bond donors (Lipinski definition) is 2. The van der Waals surface area contributed by atoms with E-state index in [2.05, 4.69) is 10.6 Å². The Labute approximate surface area is 198 Å². The lowest BCUT2D eigenvalue weighted by Crippen LogP contribution is -2.48. The summed E-state index contributed by atoms with van der Waals surface area (Å²) in [6, 6.07) is 13.4. The lowest BCUT2D eigenvalue weighted by atomic mass is 10.0. The monoisotopic (exact) mass is 463 g/mol. The highest BCUT2D eigenvalue weighted by Gasteiger charge is 2.34. The molecule has 1 aliphatic carbocycles. The summed E-state index contributed by atoms with van der Waals surface area (Å²) < 4.78 is 10.6. The molecular formula is C26H29N3O5. The number of nitrogens with zero attached hydrogens (tertiary/aromatic N) is 1. The van der Waals surface area contributed by atoms with Crippen molar-refractivity contribution in [1.82, 2.24) is 15.5 Å². The average molecular weight is 464 g/mol. The van der Waals surface area contributed by atoms with Crippen LogP contribution in [0, 0.1) is 6.92 Å². The maximum atomic E-state index is 13.5. The largest absolute Gasteiger partial charge is 0.467 e. The number of benzene rings is 1. The summed E-state index contributed by atoms with van der Waals surface area (Å²) in [5.74, 6) is -0.508. The molecule has 1 saturated carbocycles. The fourth-order valence-electron chi connectivity index (χ4n) is 4.22. The second-order valence-electron chi connectivity index (χ2n) is 8.56. The number of furan rings is 2. The molecule has 1 unspecified atom stereocenters. The van der Waals surface area contributed by atoms with E-state index in [-0.39, 0.29) is 30.8 Å². The number of carbonyl (C=O) groups excluding carboxylic acids is 3. The molecular weight excluding hydrogens is 434 g/mol. The zero-order valence-electron chi connectivity index (χ0n) is 19.2. The molecule has 3 aromatic rings. The molecule has 1 fully saturated rings. The van der Waals surface area contributed by atoms with Crippen LogP contribution >= 0.6 is 0 Å². The first kappa shape index (κ1) is 23.4. The van der Waals surface area contributed by atoms with E-state index in [1.807, 2.05) is 31.2 Å². The Morgan fingerprint density at radius 2 is 1.71 bits per heavy atom. The van der Waals surface area contributed by atoms with Crippen molar-refractivity contribution in [1.29, 1.82) is 0 Å². The van der Waals surface area contributed by atoms with Crippen LogP contribution in [0.1, 0.15) is 59.2 Å². The molecule has 4 rings (SSSR count). The highest BCUT2D eigenvalue weighted by atomic mass is 16.3. The third-order valence-corrected chi connectivity index (χ3v) is 6.03. The van der Waals surface area contributed by atoms with Gasteiger partial charge in [0.2, 0.25) is 11.8 Å². The van der Waals surface area contributed by atoms with E-state index < -0.39 is 17.9 Å². The highest BCUT2D eigenvalue weighted by molar-refractivity contribution is 5.95. The van der Waals surface area contributed by atoms with Crippen LogP contribution in [0.2, 0.25) is 0 Å². The molecule has 178 valence electrons. The maximum Gasteiger partial charge on any atom is 0.287 e. The molecule has 2 heterocycles. The molecule has 1 aliphatic rings. The fourth-order valence-corrected chi connectivity index (χ4v) is 4.22. The minimum atomic E-state index is -0.876. The molecule has 34 heavy (non-hydrogen) atoms. The zero-order chi connectivity index (χ0) is 23.9. The smallest absolute Gasteiger partial charge is 0.287 e. The molecule has 1 aromatic carbocycles. The van der Waals surface area contributed by atoms with Gasteiger partial charge in [0.25, 0.3) is 5.91 Å². The highest BCUT2D eigenvalue weighted by Crippen LogP contribution is 2.26. The van der Waals surface area contributed by atoms with Crippen LogP contribution in [0.5, 0.6) is 0 Å². The van der Waals surface area contributed by atoms with Gasteiger partial charge in [0, 0.05) is 6.04 Å². The van der Waals surface area contributed by atoms with Crippen molar-refractivity contribution in [2.75, 3.05) is 6.54 Å². The molecule has 2 N–H and O–H groups in total. The van der Waals surface area contributed by atoms with Gasteiger partial charge in [-0.15, -0.1) is 0 Å². The molecule has 0 saturated heterocycles. The van der Waals surface area contributed by atoms with Crippen molar-refractivity contribution in [2.45, 2.75) is 51.2 Å². The van der Waals surface area contributed by atoms with Crippen molar-refractivity contribution in [3.05, 3.63) is 83.7 Å². The van der Waals surface area contributed by atoms with Crippen LogP contribution in [-0.4, -0.2) is 35.2 Å². The van der Waals surface area contributed by atoms with Crippen LogP contribution in [0.4, 0.5) is 0 Å². The van der Waals surface area contributed by atoms with E-state index in [9.17, 15) is 14.4 Å². The quantitative estimate of drug-likeness (QED) is 0.503. The topological polar surface area (TPSA) is 105 Å². The van der Waals surface area contributed by atoms with E-state index in [4.69, 9.17) is 8.83 Å².